The van der Waals surface area contributed by atoms with Crippen molar-refractivity contribution in [2.24, 2.45) is 0 Å². The molecule has 0 spiro atoms. The van der Waals surface area contributed by atoms with E-state index in [4.69, 9.17) is 43.0 Å². The summed E-state index contributed by atoms with van der Waals surface area (Å²) in [5.41, 5.74) is 0. The summed E-state index contributed by atoms with van der Waals surface area (Å²) in [7, 11) is -1.75. The monoisotopic (exact) mass is 830 g/mol. The normalized spacial score (nSPS) is 9.40. The van der Waals surface area contributed by atoms with Crippen LogP contribution in [-0.4, -0.2) is 17.3 Å². The van der Waals surface area contributed by atoms with Gasteiger partial charge in [-0.15, -0.1) is 23.2 Å². The van der Waals surface area contributed by atoms with E-state index in [-0.39, 0.29) is 24.8 Å². The molecule has 258 valence electrons. The van der Waals surface area contributed by atoms with Crippen molar-refractivity contribution in [3.05, 3.63) is 182 Å². The van der Waals surface area contributed by atoms with E-state index in [1.54, 1.807) is 0 Å². The van der Waals surface area contributed by atoms with Crippen LogP contribution in [0.5, 0.6) is 0 Å². The first-order valence-corrected chi connectivity index (χ1v) is 19.4. The SMILES string of the molecule is CC(=O)[O-].CC(=O)[O-].ClCCl.[Ru+2].c1ccc([PH+](c2ccccc2)c2ccccc2)cc1.c1ccc([PH+](c2ccccc2)c2ccccc2)cc1. The van der Waals surface area contributed by atoms with Gasteiger partial charge in [0.05, 0.1) is 21.2 Å². The molecular weight excluding hydrogens is 790 g/mol. The van der Waals surface area contributed by atoms with E-state index in [1.807, 2.05) is 0 Å². The number of carbonyl (C=O) groups excluding carboxylic acids is 2. The molecule has 0 aromatic heterocycles. The fourth-order valence-electron chi connectivity index (χ4n) is 4.63. The van der Waals surface area contributed by atoms with E-state index < -0.39 is 27.8 Å². The van der Waals surface area contributed by atoms with Crippen LogP contribution in [0.2, 0.25) is 0 Å². The first-order valence-electron chi connectivity index (χ1n) is 15.3. The van der Waals surface area contributed by atoms with E-state index >= 15 is 0 Å². The summed E-state index contributed by atoms with van der Waals surface area (Å²) in [5.74, 6) is -2.17. The maximum atomic E-state index is 8.89. The number of alkyl halides is 2. The second-order valence-electron chi connectivity index (χ2n) is 10.0. The van der Waals surface area contributed by atoms with Crippen molar-refractivity contribution in [3.8, 4) is 0 Å². The Hall–Kier alpha value is -3.68. The van der Waals surface area contributed by atoms with Crippen LogP contribution in [0.1, 0.15) is 13.8 Å². The molecule has 0 N–H and O–H groups in total. The van der Waals surface area contributed by atoms with Crippen LogP contribution in [0.15, 0.2) is 182 Å². The van der Waals surface area contributed by atoms with Gasteiger partial charge in [0, 0.05) is 11.9 Å². The molecule has 0 unspecified atom stereocenters. The number of hydrogen-bond acceptors (Lipinski definition) is 4. The topological polar surface area (TPSA) is 80.3 Å². The molecule has 9 heteroatoms. The Kier molecular flexibility index (Phi) is 24.0. The van der Waals surface area contributed by atoms with Gasteiger partial charge < -0.3 is 19.8 Å². The standard InChI is InChI=1S/2C18H15P.2C2H4O2.CH2Cl2.Ru/c2*1-4-10-16(11-5-1)19(17-12-6-2-7-13-17)18-14-8-3-9-15-18;2*1-2(3)4;2-1-3;/h2*1-15H;2*1H3,(H,3,4);1H2;/q;;;;;+2. The fourth-order valence-corrected chi connectivity index (χ4v) is 9.78. The number of carboxylic acid groups (broad SMARTS) is 2. The van der Waals surface area contributed by atoms with Crippen LogP contribution in [-0.2, 0) is 29.1 Å². The van der Waals surface area contributed by atoms with E-state index in [1.165, 1.54) is 31.8 Å². The van der Waals surface area contributed by atoms with Gasteiger partial charge >= 0.3 is 19.5 Å². The van der Waals surface area contributed by atoms with Crippen molar-refractivity contribution < 1.29 is 39.3 Å². The maximum absolute atomic E-state index is 8.89. The predicted octanol–water partition coefficient (Wildman–Crippen LogP) is 5.29. The van der Waals surface area contributed by atoms with Crippen LogP contribution < -0.4 is 42.0 Å². The van der Waals surface area contributed by atoms with Crippen LogP contribution in [0, 0.1) is 0 Å². The average molecular weight is 831 g/mol. The number of hydrogen-bond donors (Lipinski definition) is 0. The van der Waals surface area contributed by atoms with Gasteiger partial charge in [-0.3, -0.25) is 0 Å². The number of carbonyl (C=O) groups is 2. The minimum Gasteiger partial charge on any atom is -0.550 e. The summed E-state index contributed by atoms with van der Waals surface area (Å²) in [5, 5.41) is 26.6. The number of carboxylic acids is 2. The summed E-state index contributed by atoms with van der Waals surface area (Å²) in [4.78, 5) is 17.8. The molecule has 0 atom stereocenters. The first-order chi connectivity index (χ1) is 23.8. The largest absolute Gasteiger partial charge is 2.00 e. The zero-order valence-corrected chi connectivity index (χ0v) is 33.0. The minimum absolute atomic E-state index is 0. The van der Waals surface area contributed by atoms with Crippen molar-refractivity contribution in [3.63, 3.8) is 0 Å². The van der Waals surface area contributed by atoms with Gasteiger partial charge in [-0.2, -0.15) is 0 Å². The molecule has 0 amide bonds. The van der Waals surface area contributed by atoms with Gasteiger partial charge in [-0.1, -0.05) is 109 Å². The average Bonchev–Trinajstić information content (AvgIpc) is 3.12. The quantitative estimate of drug-likeness (QED) is 0.130. The number of rotatable bonds is 6. The zero-order valence-electron chi connectivity index (χ0n) is 27.8. The van der Waals surface area contributed by atoms with Crippen molar-refractivity contribution in [1.29, 1.82) is 0 Å². The second-order valence-corrected chi connectivity index (χ2v) is 15.8. The van der Waals surface area contributed by atoms with Gasteiger partial charge in [0.2, 0.25) is 0 Å². The second kappa shape index (κ2) is 27.1. The van der Waals surface area contributed by atoms with Gasteiger partial charge in [-0.05, 0) is 86.6 Å². The van der Waals surface area contributed by atoms with E-state index in [2.05, 4.69) is 182 Å². The van der Waals surface area contributed by atoms with Gasteiger partial charge in [0.25, 0.3) is 0 Å². The van der Waals surface area contributed by atoms with Crippen LogP contribution in [0.4, 0.5) is 0 Å². The molecule has 50 heavy (non-hydrogen) atoms. The summed E-state index contributed by atoms with van der Waals surface area (Å²) < 4.78 is 0. The Morgan fingerprint density at radius 3 is 0.600 bits per heavy atom. The molecule has 0 radical (unpaired) electrons. The van der Waals surface area contributed by atoms with Crippen LogP contribution in [0.25, 0.3) is 0 Å². The third kappa shape index (κ3) is 17.8. The third-order valence-corrected chi connectivity index (χ3v) is 11.8. The molecule has 0 bridgehead atoms. The Balaban J connectivity index is 0.000000382. The van der Waals surface area contributed by atoms with E-state index in [0.29, 0.717) is 0 Å². The molecular formula is C41H40Cl2O4P2Ru+2. The molecule has 6 aromatic rings. The Labute approximate surface area is 321 Å². The number of aliphatic carboxylic acids is 2. The predicted molar refractivity (Wildman–Crippen MR) is 211 cm³/mol. The number of benzene rings is 6. The first kappa shape index (κ1) is 44.3. The van der Waals surface area contributed by atoms with Gasteiger partial charge in [-0.25, -0.2) is 0 Å². The summed E-state index contributed by atoms with van der Waals surface area (Å²) in [6, 6.07) is 65.0. The molecule has 0 aliphatic heterocycles. The Morgan fingerprint density at radius 1 is 0.400 bits per heavy atom. The molecule has 0 aliphatic carbocycles. The Morgan fingerprint density at radius 2 is 0.500 bits per heavy atom. The van der Waals surface area contributed by atoms with Gasteiger partial charge in [0.15, 0.2) is 0 Å². The van der Waals surface area contributed by atoms with E-state index in [9.17, 15) is 0 Å². The molecule has 6 rings (SSSR count). The van der Waals surface area contributed by atoms with Crippen molar-refractivity contribution in [2.75, 3.05) is 5.34 Å². The molecule has 4 nitrogen and oxygen atoms in total. The summed E-state index contributed by atoms with van der Waals surface area (Å²) in [6.45, 7) is 1.94. The molecule has 0 saturated heterocycles. The molecule has 0 saturated carbocycles. The third-order valence-electron chi connectivity index (χ3n) is 6.37. The van der Waals surface area contributed by atoms with Crippen molar-refractivity contribution in [2.45, 2.75) is 13.8 Å². The molecule has 0 fully saturated rings. The van der Waals surface area contributed by atoms with Gasteiger partial charge in [0.1, 0.15) is 31.8 Å². The van der Waals surface area contributed by atoms with Crippen molar-refractivity contribution in [1.82, 2.24) is 0 Å². The van der Waals surface area contributed by atoms with Crippen LogP contribution >= 0.6 is 39.0 Å². The van der Waals surface area contributed by atoms with E-state index in [0.717, 1.165) is 13.8 Å². The molecule has 0 heterocycles. The fraction of sp³-hybridized carbons (Fsp3) is 0.0732. The summed E-state index contributed by atoms with van der Waals surface area (Å²) in [6.07, 6.45) is 0. The number of halogens is 2. The molecule has 6 aromatic carbocycles. The summed E-state index contributed by atoms with van der Waals surface area (Å²) >= 11 is 9.53. The van der Waals surface area contributed by atoms with Crippen molar-refractivity contribution >= 4 is 82.8 Å². The zero-order chi connectivity index (χ0) is 35.7. The molecule has 0 aliphatic rings. The maximum Gasteiger partial charge on any atom is 2.00 e. The Bertz CT molecular complexity index is 1400. The minimum atomic E-state index is -1.08. The van der Waals surface area contributed by atoms with Crippen LogP contribution in [0.3, 0.4) is 0 Å². The smallest absolute Gasteiger partial charge is 0.550 e.